The number of rotatable bonds is 3. The monoisotopic (exact) mass is 273 g/mol. The van der Waals surface area contributed by atoms with Crippen LogP contribution in [-0.2, 0) is 0 Å². The normalized spacial score (nSPS) is 11.4. The van der Waals surface area contributed by atoms with Gasteiger partial charge in [0.1, 0.15) is 0 Å². The van der Waals surface area contributed by atoms with Gasteiger partial charge < -0.3 is 16.3 Å². The number of nitrogens with two attached hydrogens (primary N) is 1. The van der Waals surface area contributed by atoms with Crippen molar-refractivity contribution in [1.29, 1.82) is 0 Å². The second-order valence-corrected chi connectivity index (χ2v) is 4.35. The molecular formula is C13H15N5O2. The van der Waals surface area contributed by atoms with Gasteiger partial charge >= 0.3 is 0 Å². The molecule has 7 heteroatoms. The Kier molecular flexibility index (Phi) is 3.69. The molecule has 1 aromatic heterocycles. The van der Waals surface area contributed by atoms with E-state index in [4.69, 9.17) is 10.9 Å². The van der Waals surface area contributed by atoms with Crippen LogP contribution in [-0.4, -0.2) is 27.1 Å². The van der Waals surface area contributed by atoms with Crippen LogP contribution < -0.4 is 11.1 Å². The molecule has 104 valence electrons. The number of anilines is 1. The molecule has 0 aliphatic rings. The van der Waals surface area contributed by atoms with Crippen molar-refractivity contribution >= 4 is 17.4 Å². The number of aromatic nitrogens is 2. The number of amidine groups is 1. The largest absolute Gasteiger partial charge is 0.409 e. The van der Waals surface area contributed by atoms with Crippen molar-refractivity contribution in [3.8, 4) is 0 Å². The quantitative estimate of drug-likeness (QED) is 0.292. The van der Waals surface area contributed by atoms with E-state index in [0.29, 0.717) is 22.5 Å². The Balaban J connectivity index is 2.38. The van der Waals surface area contributed by atoms with Gasteiger partial charge in [0.15, 0.2) is 5.84 Å². The number of H-pyrrole nitrogens is 1. The first-order valence-electron chi connectivity index (χ1n) is 5.93. The fraction of sp³-hybridized carbons (Fsp3) is 0.154. The molecule has 1 aromatic carbocycles. The standard InChI is InChI=1S/C13H15N5O2/c1-7-4-3-5-10(11(7)12(14)18-20)16-13(19)9-6-15-17-8(9)2/h3-6,20H,1-2H3,(H2,14,18)(H,15,17)(H,16,19). The van der Waals surface area contributed by atoms with Crippen molar-refractivity contribution in [2.75, 3.05) is 5.32 Å². The first-order valence-corrected chi connectivity index (χ1v) is 5.93. The maximum Gasteiger partial charge on any atom is 0.259 e. The van der Waals surface area contributed by atoms with Crippen LogP contribution >= 0.6 is 0 Å². The van der Waals surface area contributed by atoms with E-state index in [0.717, 1.165) is 5.56 Å². The van der Waals surface area contributed by atoms with E-state index in [9.17, 15) is 4.79 Å². The molecule has 0 aliphatic carbocycles. The van der Waals surface area contributed by atoms with Crippen LogP contribution in [0, 0.1) is 13.8 Å². The van der Waals surface area contributed by atoms with Gasteiger partial charge in [-0.05, 0) is 25.5 Å². The predicted molar refractivity (Wildman–Crippen MR) is 75.0 cm³/mol. The highest BCUT2D eigenvalue weighted by atomic mass is 16.4. The van der Waals surface area contributed by atoms with Crippen molar-refractivity contribution in [3.63, 3.8) is 0 Å². The average molecular weight is 273 g/mol. The van der Waals surface area contributed by atoms with Gasteiger partial charge in [0, 0.05) is 11.3 Å². The van der Waals surface area contributed by atoms with Gasteiger partial charge in [0.25, 0.3) is 5.91 Å². The van der Waals surface area contributed by atoms with Crippen molar-refractivity contribution < 1.29 is 10.0 Å². The fourth-order valence-corrected chi connectivity index (χ4v) is 1.93. The van der Waals surface area contributed by atoms with Gasteiger partial charge in [-0.25, -0.2) is 0 Å². The summed E-state index contributed by atoms with van der Waals surface area (Å²) < 4.78 is 0. The maximum atomic E-state index is 12.2. The van der Waals surface area contributed by atoms with Crippen LogP contribution in [0.2, 0.25) is 0 Å². The molecule has 0 spiro atoms. The highest BCUT2D eigenvalue weighted by Crippen LogP contribution is 2.20. The topological polar surface area (TPSA) is 116 Å². The van der Waals surface area contributed by atoms with Crippen molar-refractivity contribution in [2.24, 2.45) is 10.9 Å². The van der Waals surface area contributed by atoms with Gasteiger partial charge in [-0.1, -0.05) is 17.3 Å². The molecule has 1 amide bonds. The summed E-state index contributed by atoms with van der Waals surface area (Å²) in [6.07, 6.45) is 1.45. The molecular weight excluding hydrogens is 258 g/mol. The fourth-order valence-electron chi connectivity index (χ4n) is 1.93. The third-order valence-electron chi connectivity index (χ3n) is 2.96. The number of carbonyl (C=O) groups excluding carboxylic acids is 1. The second kappa shape index (κ2) is 5.43. The van der Waals surface area contributed by atoms with Crippen LogP contribution in [0.3, 0.4) is 0 Å². The Bertz CT molecular complexity index is 675. The summed E-state index contributed by atoms with van der Waals surface area (Å²) in [5.74, 6) is -0.365. The summed E-state index contributed by atoms with van der Waals surface area (Å²) >= 11 is 0. The third-order valence-corrected chi connectivity index (χ3v) is 2.96. The SMILES string of the molecule is Cc1cccc(NC(=O)c2cn[nH]c2C)c1/C(N)=N/O. The molecule has 0 fully saturated rings. The number of oxime groups is 1. The van der Waals surface area contributed by atoms with E-state index in [-0.39, 0.29) is 11.7 Å². The number of aromatic amines is 1. The Morgan fingerprint density at radius 3 is 2.80 bits per heavy atom. The summed E-state index contributed by atoms with van der Waals surface area (Å²) in [5, 5.41) is 21.1. The minimum absolute atomic E-state index is 0.0534. The van der Waals surface area contributed by atoms with Crippen LogP contribution in [0.15, 0.2) is 29.6 Å². The first-order chi connectivity index (χ1) is 9.54. The summed E-state index contributed by atoms with van der Waals surface area (Å²) in [6.45, 7) is 3.56. The number of nitrogens with zero attached hydrogens (tertiary/aromatic N) is 2. The molecule has 0 unspecified atom stereocenters. The van der Waals surface area contributed by atoms with Crippen LogP contribution in [0.4, 0.5) is 5.69 Å². The van der Waals surface area contributed by atoms with E-state index in [2.05, 4.69) is 20.7 Å². The zero-order chi connectivity index (χ0) is 14.7. The smallest absolute Gasteiger partial charge is 0.259 e. The zero-order valence-electron chi connectivity index (χ0n) is 11.1. The Morgan fingerprint density at radius 1 is 1.45 bits per heavy atom. The predicted octanol–water partition coefficient (Wildman–Crippen LogP) is 1.37. The molecule has 0 saturated carbocycles. The maximum absolute atomic E-state index is 12.2. The zero-order valence-corrected chi connectivity index (χ0v) is 11.1. The van der Waals surface area contributed by atoms with E-state index < -0.39 is 0 Å². The lowest BCUT2D eigenvalue weighted by atomic mass is 10.1. The van der Waals surface area contributed by atoms with Crippen molar-refractivity contribution in [2.45, 2.75) is 13.8 Å². The number of amides is 1. The molecule has 0 radical (unpaired) electrons. The Labute approximate surface area is 115 Å². The van der Waals surface area contributed by atoms with Crippen molar-refractivity contribution in [1.82, 2.24) is 10.2 Å². The van der Waals surface area contributed by atoms with E-state index in [1.807, 2.05) is 13.0 Å². The van der Waals surface area contributed by atoms with Gasteiger partial charge in [0.2, 0.25) is 0 Å². The third kappa shape index (κ3) is 2.46. The second-order valence-electron chi connectivity index (χ2n) is 4.35. The summed E-state index contributed by atoms with van der Waals surface area (Å²) in [7, 11) is 0. The lowest BCUT2D eigenvalue weighted by molar-refractivity contribution is 0.102. The number of nitrogens with one attached hydrogen (secondary N) is 2. The molecule has 7 nitrogen and oxygen atoms in total. The molecule has 2 aromatic rings. The lowest BCUT2D eigenvalue weighted by Crippen LogP contribution is -2.20. The van der Waals surface area contributed by atoms with E-state index in [1.165, 1.54) is 6.20 Å². The molecule has 0 saturated heterocycles. The molecule has 1 heterocycles. The summed E-state index contributed by atoms with van der Waals surface area (Å²) in [4.78, 5) is 12.2. The number of hydrogen-bond acceptors (Lipinski definition) is 4. The minimum atomic E-state index is -0.311. The van der Waals surface area contributed by atoms with E-state index >= 15 is 0 Å². The number of benzene rings is 1. The highest BCUT2D eigenvalue weighted by Gasteiger charge is 2.15. The first kappa shape index (κ1) is 13.6. The summed E-state index contributed by atoms with van der Waals surface area (Å²) in [6, 6.07) is 5.28. The van der Waals surface area contributed by atoms with Crippen LogP contribution in [0.25, 0.3) is 0 Å². The van der Waals surface area contributed by atoms with Gasteiger partial charge in [-0.2, -0.15) is 5.10 Å². The summed E-state index contributed by atoms with van der Waals surface area (Å²) in [5.41, 5.74) is 8.52. The van der Waals surface area contributed by atoms with Gasteiger partial charge in [0.05, 0.1) is 17.4 Å². The highest BCUT2D eigenvalue weighted by molar-refractivity contribution is 6.10. The van der Waals surface area contributed by atoms with E-state index in [1.54, 1.807) is 19.1 Å². The Morgan fingerprint density at radius 2 is 2.20 bits per heavy atom. The van der Waals surface area contributed by atoms with Gasteiger partial charge in [-0.15, -0.1) is 0 Å². The number of aryl methyl sites for hydroxylation is 2. The van der Waals surface area contributed by atoms with Crippen LogP contribution in [0.1, 0.15) is 27.2 Å². The minimum Gasteiger partial charge on any atom is -0.409 e. The Hall–Kier alpha value is -2.83. The van der Waals surface area contributed by atoms with Gasteiger partial charge in [-0.3, -0.25) is 9.89 Å². The molecule has 2 rings (SSSR count). The lowest BCUT2D eigenvalue weighted by Gasteiger charge is -2.12. The van der Waals surface area contributed by atoms with Crippen molar-refractivity contribution in [3.05, 3.63) is 46.8 Å². The van der Waals surface area contributed by atoms with Crippen LogP contribution in [0.5, 0.6) is 0 Å². The molecule has 0 aliphatic heterocycles. The average Bonchev–Trinajstić information content (AvgIpc) is 2.84. The molecule has 0 atom stereocenters. The molecule has 20 heavy (non-hydrogen) atoms. The number of carbonyl (C=O) groups is 1. The molecule has 5 N–H and O–H groups in total. The number of hydrogen-bond donors (Lipinski definition) is 4. The molecule has 0 bridgehead atoms.